The number of aliphatic hydroxyl groups is 5. The molecule has 1 aliphatic rings. The van der Waals surface area contributed by atoms with Gasteiger partial charge in [0.25, 0.3) is 0 Å². The zero-order valence-electron chi connectivity index (χ0n) is 10.7. The van der Waals surface area contributed by atoms with Crippen LogP contribution in [0.5, 0.6) is 0 Å². The van der Waals surface area contributed by atoms with Crippen LogP contribution < -0.4 is 5.32 Å². The average molecular weight is 293 g/mol. The third-order valence-corrected chi connectivity index (χ3v) is 2.87. The van der Waals surface area contributed by atoms with Crippen LogP contribution in [0.2, 0.25) is 0 Å². The fourth-order valence-electron chi connectivity index (χ4n) is 1.92. The number of carboxylic acid groups (broad SMARTS) is 1. The van der Waals surface area contributed by atoms with Crippen molar-refractivity contribution in [3.63, 3.8) is 0 Å². The van der Waals surface area contributed by atoms with E-state index in [1.807, 2.05) is 0 Å². The highest BCUT2D eigenvalue weighted by Gasteiger charge is 2.42. The summed E-state index contributed by atoms with van der Waals surface area (Å²) in [6.07, 6.45) is -6.13. The van der Waals surface area contributed by atoms with Gasteiger partial charge in [0.2, 0.25) is 5.76 Å². The summed E-state index contributed by atoms with van der Waals surface area (Å²) in [5, 5.41) is 58.6. The average Bonchev–Trinajstić information content (AvgIpc) is 2.38. The van der Waals surface area contributed by atoms with E-state index in [4.69, 9.17) is 14.9 Å². The van der Waals surface area contributed by atoms with Crippen LogP contribution in [0, 0.1) is 0 Å². The summed E-state index contributed by atoms with van der Waals surface area (Å²) in [4.78, 5) is 10.9. The van der Waals surface area contributed by atoms with Crippen molar-refractivity contribution in [3.05, 3.63) is 11.8 Å². The molecule has 0 radical (unpaired) electrons. The second-order valence-corrected chi connectivity index (χ2v) is 4.52. The van der Waals surface area contributed by atoms with Crippen LogP contribution in [0.3, 0.4) is 0 Å². The van der Waals surface area contributed by atoms with Gasteiger partial charge in [-0.2, -0.15) is 0 Å². The molecule has 0 fully saturated rings. The number of ether oxygens (including phenoxy) is 1. The predicted molar refractivity (Wildman–Crippen MR) is 64.3 cm³/mol. The summed E-state index contributed by atoms with van der Waals surface area (Å²) in [5.41, 5.74) is 0. The van der Waals surface area contributed by atoms with E-state index in [2.05, 4.69) is 5.32 Å². The Balaban J connectivity index is 3.01. The molecule has 20 heavy (non-hydrogen) atoms. The molecule has 0 aromatic rings. The highest BCUT2D eigenvalue weighted by Crippen LogP contribution is 2.23. The highest BCUT2D eigenvalue weighted by atomic mass is 16.5. The number of carbonyl (C=O) groups is 1. The molecule has 0 aromatic carbocycles. The number of hydrogen-bond acceptors (Lipinski definition) is 8. The van der Waals surface area contributed by atoms with Gasteiger partial charge in [-0.1, -0.05) is 0 Å². The molecule has 0 aromatic heterocycles. The maximum atomic E-state index is 10.9. The van der Waals surface area contributed by atoms with Crippen molar-refractivity contribution >= 4 is 5.97 Å². The summed E-state index contributed by atoms with van der Waals surface area (Å²) in [5.74, 6) is -2.04. The standard InChI is InChI=1S/C11H19NO8/c1-4(14)12-8-5(15)2-7(11(18)19)20-10(8)9(17)6(16)3-13/h2,4-6,8-10,12-17H,3H2,1H3,(H,18,19)/t4-,5+,6-,8-,9-,10-/m1/s1. The predicted octanol–water partition coefficient (Wildman–Crippen LogP) is -3.27. The quantitative estimate of drug-likeness (QED) is 0.249. The molecule has 1 aliphatic heterocycles. The third kappa shape index (κ3) is 3.88. The Bertz CT molecular complexity index is 371. The maximum Gasteiger partial charge on any atom is 0.370 e. The SMILES string of the molecule is C[C@@H](O)N[C@H]1[C@H]([C@H](O)[C@H](O)CO)OC(C(=O)O)=C[C@@H]1O. The normalized spacial score (nSPS) is 30.9. The monoisotopic (exact) mass is 293 g/mol. The molecule has 7 N–H and O–H groups in total. The van der Waals surface area contributed by atoms with Crippen molar-refractivity contribution in [2.75, 3.05) is 6.61 Å². The summed E-state index contributed by atoms with van der Waals surface area (Å²) in [7, 11) is 0. The molecule has 1 heterocycles. The van der Waals surface area contributed by atoms with Gasteiger partial charge in [-0.25, -0.2) is 4.79 Å². The summed E-state index contributed by atoms with van der Waals surface area (Å²) in [6.45, 7) is 0.583. The molecule has 0 saturated carbocycles. The number of aliphatic carboxylic acids is 1. The lowest BCUT2D eigenvalue weighted by molar-refractivity contribution is -0.149. The molecule has 0 unspecified atom stereocenters. The Labute approximate surface area is 114 Å². The first-order valence-electron chi connectivity index (χ1n) is 5.98. The molecule has 9 nitrogen and oxygen atoms in total. The molecular weight excluding hydrogens is 274 g/mol. The molecule has 0 aliphatic carbocycles. The van der Waals surface area contributed by atoms with E-state index in [0.717, 1.165) is 6.08 Å². The van der Waals surface area contributed by atoms with Crippen molar-refractivity contribution in [2.45, 2.75) is 43.6 Å². The van der Waals surface area contributed by atoms with Crippen molar-refractivity contribution in [2.24, 2.45) is 0 Å². The first kappa shape index (κ1) is 16.8. The number of nitrogens with one attached hydrogen (secondary N) is 1. The van der Waals surface area contributed by atoms with E-state index in [0.29, 0.717) is 0 Å². The Kier molecular flexibility index (Phi) is 5.87. The van der Waals surface area contributed by atoms with Gasteiger partial charge >= 0.3 is 5.97 Å². The molecular formula is C11H19NO8. The number of aliphatic hydroxyl groups excluding tert-OH is 5. The Hall–Kier alpha value is -1.23. The van der Waals surface area contributed by atoms with Gasteiger partial charge in [0.05, 0.1) is 18.8 Å². The molecule has 6 atom stereocenters. The second kappa shape index (κ2) is 6.97. The Morgan fingerprint density at radius 2 is 2.05 bits per heavy atom. The van der Waals surface area contributed by atoms with Crippen LogP contribution in [-0.4, -0.2) is 79.9 Å². The Morgan fingerprint density at radius 3 is 2.50 bits per heavy atom. The van der Waals surface area contributed by atoms with E-state index in [1.54, 1.807) is 0 Å². The number of carboxylic acids is 1. The van der Waals surface area contributed by atoms with E-state index in [9.17, 15) is 25.2 Å². The van der Waals surface area contributed by atoms with Gasteiger partial charge in [0, 0.05) is 0 Å². The fraction of sp³-hybridized carbons (Fsp3) is 0.727. The topological polar surface area (TPSA) is 160 Å². The van der Waals surface area contributed by atoms with Crippen molar-refractivity contribution in [3.8, 4) is 0 Å². The van der Waals surface area contributed by atoms with E-state index < -0.39 is 55.0 Å². The van der Waals surface area contributed by atoms with Crippen molar-refractivity contribution in [1.82, 2.24) is 5.32 Å². The fourth-order valence-corrected chi connectivity index (χ4v) is 1.92. The minimum atomic E-state index is -1.66. The van der Waals surface area contributed by atoms with Crippen molar-refractivity contribution in [1.29, 1.82) is 0 Å². The maximum absolute atomic E-state index is 10.9. The van der Waals surface area contributed by atoms with Crippen molar-refractivity contribution < 1.29 is 40.2 Å². The molecule has 0 bridgehead atoms. The summed E-state index contributed by atoms with van der Waals surface area (Å²) < 4.78 is 5.02. The molecule has 9 heteroatoms. The molecule has 0 amide bonds. The Morgan fingerprint density at radius 1 is 1.45 bits per heavy atom. The largest absolute Gasteiger partial charge is 0.479 e. The zero-order valence-corrected chi connectivity index (χ0v) is 10.7. The smallest absolute Gasteiger partial charge is 0.370 e. The van der Waals surface area contributed by atoms with Crippen LogP contribution in [0.1, 0.15) is 6.92 Å². The summed E-state index contributed by atoms with van der Waals surface area (Å²) in [6, 6.07) is -1.06. The third-order valence-electron chi connectivity index (χ3n) is 2.87. The van der Waals surface area contributed by atoms with Gasteiger partial charge in [-0.15, -0.1) is 0 Å². The first-order valence-corrected chi connectivity index (χ1v) is 5.98. The van der Waals surface area contributed by atoms with Gasteiger partial charge in [0.1, 0.15) is 24.5 Å². The van der Waals surface area contributed by atoms with Gasteiger partial charge in [-0.05, 0) is 13.0 Å². The minimum absolute atomic E-state index is 0.588. The minimum Gasteiger partial charge on any atom is -0.479 e. The first-order chi connectivity index (χ1) is 9.27. The van der Waals surface area contributed by atoms with Gasteiger partial charge in [0.15, 0.2) is 0 Å². The second-order valence-electron chi connectivity index (χ2n) is 4.52. The molecule has 116 valence electrons. The van der Waals surface area contributed by atoms with Crippen LogP contribution >= 0.6 is 0 Å². The lowest BCUT2D eigenvalue weighted by Gasteiger charge is -2.38. The van der Waals surface area contributed by atoms with E-state index in [-0.39, 0.29) is 0 Å². The number of rotatable bonds is 6. The summed E-state index contributed by atoms with van der Waals surface area (Å²) >= 11 is 0. The van der Waals surface area contributed by atoms with Crippen LogP contribution in [-0.2, 0) is 9.53 Å². The highest BCUT2D eigenvalue weighted by molar-refractivity contribution is 5.84. The number of hydrogen-bond donors (Lipinski definition) is 7. The lowest BCUT2D eigenvalue weighted by Crippen LogP contribution is -2.60. The van der Waals surface area contributed by atoms with Gasteiger partial charge < -0.3 is 35.4 Å². The lowest BCUT2D eigenvalue weighted by atomic mass is 9.94. The molecule has 0 saturated heterocycles. The molecule has 0 spiro atoms. The van der Waals surface area contributed by atoms with E-state index >= 15 is 0 Å². The van der Waals surface area contributed by atoms with E-state index in [1.165, 1.54) is 6.92 Å². The van der Waals surface area contributed by atoms with Crippen LogP contribution in [0.25, 0.3) is 0 Å². The van der Waals surface area contributed by atoms with Gasteiger partial charge in [-0.3, -0.25) is 5.32 Å². The van der Waals surface area contributed by atoms with Crippen LogP contribution in [0.15, 0.2) is 11.8 Å². The van der Waals surface area contributed by atoms with Crippen LogP contribution in [0.4, 0.5) is 0 Å². The zero-order chi connectivity index (χ0) is 15.4. The molecule has 1 rings (SSSR count).